The highest BCUT2D eigenvalue weighted by Crippen LogP contribution is 2.19. The van der Waals surface area contributed by atoms with Crippen LogP contribution in [0.2, 0.25) is 0 Å². The van der Waals surface area contributed by atoms with Crippen molar-refractivity contribution in [3.05, 3.63) is 71.3 Å². The van der Waals surface area contributed by atoms with E-state index in [0.29, 0.717) is 11.6 Å². The molecule has 0 saturated heterocycles. The molecule has 0 aliphatic rings. The topological polar surface area (TPSA) is 84.5 Å². The number of hydrogen-bond acceptors (Lipinski definition) is 4. The Bertz CT molecular complexity index is 978. The van der Waals surface area contributed by atoms with Gasteiger partial charge in [-0.25, -0.2) is 22.4 Å². The van der Waals surface area contributed by atoms with Gasteiger partial charge >= 0.3 is 5.97 Å². The smallest absolute Gasteiger partial charge is 0.331 e. The zero-order chi connectivity index (χ0) is 22.3. The molecule has 0 aromatic heterocycles. The summed E-state index contributed by atoms with van der Waals surface area (Å²) in [4.78, 5) is 35.4. The second-order valence-electron chi connectivity index (χ2n) is 5.95. The molecule has 2 amide bonds. The molecular weight excluding hydrogens is 408 g/mol. The second kappa shape index (κ2) is 10.2. The first kappa shape index (κ1) is 22.6. The van der Waals surface area contributed by atoms with Gasteiger partial charge in [0.1, 0.15) is 5.82 Å². The minimum absolute atomic E-state index is 0.434. The van der Waals surface area contributed by atoms with Crippen molar-refractivity contribution in [1.29, 1.82) is 0 Å². The quantitative estimate of drug-likeness (QED) is 0.310. The second-order valence-corrected chi connectivity index (χ2v) is 5.95. The fourth-order valence-corrected chi connectivity index (χ4v) is 2.13. The zero-order valence-corrected chi connectivity index (χ0v) is 15.5. The number of nitrogens with one attached hydrogen (secondary N) is 2. The van der Waals surface area contributed by atoms with Crippen LogP contribution in [0.25, 0.3) is 6.08 Å². The SMILES string of the molecule is CC(OC(=O)/C=C/c1ccc(F)cc1)C(=O)NCC(=O)Nc1ccc(F)c(F)c1F. The molecule has 2 rings (SSSR count). The molecule has 10 heteroatoms. The number of halogens is 4. The van der Waals surface area contributed by atoms with E-state index >= 15 is 0 Å². The van der Waals surface area contributed by atoms with Crippen molar-refractivity contribution in [2.45, 2.75) is 13.0 Å². The van der Waals surface area contributed by atoms with E-state index in [0.717, 1.165) is 12.1 Å². The van der Waals surface area contributed by atoms with Gasteiger partial charge in [0.15, 0.2) is 23.6 Å². The summed E-state index contributed by atoms with van der Waals surface area (Å²) >= 11 is 0. The van der Waals surface area contributed by atoms with Gasteiger partial charge in [0, 0.05) is 6.08 Å². The molecule has 0 aliphatic heterocycles. The predicted octanol–water partition coefficient (Wildman–Crippen LogP) is 2.94. The van der Waals surface area contributed by atoms with E-state index in [2.05, 4.69) is 5.32 Å². The molecular formula is C20H16F4N2O4. The first-order valence-electron chi connectivity index (χ1n) is 8.52. The molecule has 2 aromatic carbocycles. The Balaban J connectivity index is 1.81. The van der Waals surface area contributed by atoms with Crippen LogP contribution in [0.5, 0.6) is 0 Å². The molecule has 0 bridgehead atoms. The van der Waals surface area contributed by atoms with Crippen LogP contribution in [0.15, 0.2) is 42.5 Å². The molecule has 0 spiro atoms. The third-order valence-electron chi connectivity index (χ3n) is 3.68. The molecule has 0 radical (unpaired) electrons. The number of hydrogen-bond donors (Lipinski definition) is 2. The van der Waals surface area contributed by atoms with Gasteiger partial charge in [-0.05, 0) is 42.8 Å². The van der Waals surface area contributed by atoms with Gasteiger partial charge < -0.3 is 15.4 Å². The van der Waals surface area contributed by atoms with Crippen molar-refractivity contribution in [1.82, 2.24) is 5.32 Å². The van der Waals surface area contributed by atoms with Crippen LogP contribution in [0.3, 0.4) is 0 Å². The number of ether oxygens (including phenoxy) is 1. The van der Waals surface area contributed by atoms with Crippen molar-refractivity contribution in [2.75, 3.05) is 11.9 Å². The molecule has 2 aromatic rings. The molecule has 1 unspecified atom stereocenters. The number of rotatable bonds is 7. The summed E-state index contributed by atoms with van der Waals surface area (Å²) in [7, 11) is 0. The minimum atomic E-state index is -1.74. The highest BCUT2D eigenvalue weighted by atomic mass is 19.2. The lowest BCUT2D eigenvalue weighted by Gasteiger charge is -2.12. The molecule has 158 valence electrons. The average Bonchev–Trinajstić information content (AvgIpc) is 2.72. The number of carbonyl (C=O) groups is 3. The monoisotopic (exact) mass is 424 g/mol. The maximum Gasteiger partial charge on any atom is 0.331 e. The van der Waals surface area contributed by atoms with E-state index in [4.69, 9.17) is 4.74 Å². The third-order valence-corrected chi connectivity index (χ3v) is 3.68. The molecule has 30 heavy (non-hydrogen) atoms. The summed E-state index contributed by atoms with van der Waals surface area (Å²) < 4.78 is 57.2. The first-order valence-corrected chi connectivity index (χ1v) is 8.52. The van der Waals surface area contributed by atoms with Gasteiger partial charge in [0.05, 0.1) is 12.2 Å². The summed E-state index contributed by atoms with van der Waals surface area (Å²) in [6.45, 7) is 0.621. The molecule has 6 nitrogen and oxygen atoms in total. The maximum atomic E-state index is 13.5. The Hall–Kier alpha value is -3.69. The molecule has 0 heterocycles. The Kier molecular flexibility index (Phi) is 7.68. The molecule has 1 atom stereocenters. The van der Waals surface area contributed by atoms with Crippen LogP contribution in [0.4, 0.5) is 23.2 Å². The van der Waals surface area contributed by atoms with Crippen LogP contribution in [-0.4, -0.2) is 30.4 Å². The summed E-state index contributed by atoms with van der Waals surface area (Å²) in [6, 6.07) is 6.74. The largest absolute Gasteiger partial charge is 0.449 e. The van der Waals surface area contributed by atoms with Crippen LogP contribution in [0.1, 0.15) is 12.5 Å². The summed E-state index contributed by atoms with van der Waals surface area (Å²) in [5.41, 5.74) is -0.0647. The molecule has 0 saturated carbocycles. The third kappa shape index (κ3) is 6.43. The summed E-state index contributed by atoms with van der Waals surface area (Å²) in [6.07, 6.45) is 1.13. The summed E-state index contributed by atoms with van der Waals surface area (Å²) in [5, 5.41) is 4.12. The Labute approximate surface area is 168 Å². The van der Waals surface area contributed by atoms with Crippen LogP contribution >= 0.6 is 0 Å². The normalized spacial score (nSPS) is 11.8. The van der Waals surface area contributed by atoms with E-state index in [-0.39, 0.29) is 0 Å². The summed E-state index contributed by atoms with van der Waals surface area (Å²) in [5.74, 6) is -7.76. The lowest BCUT2D eigenvalue weighted by Crippen LogP contribution is -2.40. The van der Waals surface area contributed by atoms with Crippen LogP contribution in [-0.2, 0) is 19.1 Å². The van der Waals surface area contributed by atoms with Gasteiger partial charge in [-0.1, -0.05) is 12.1 Å². The number of anilines is 1. The average molecular weight is 424 g/mol. The molecule has 0 aliphatic carbocycles. The van der Waals surface area contributed by atoms with E-state index in [9.17, 15) is 31.9 Å². The predicted molar refractivity (Wildman–Crippen MR) is 98.9 cm³/mol. The van der Waals surface area contributed by atoms with Crippen molar-refractivity contribution in [3.63, 3.8) is 0 Å². The highest BCUT2D eigenvalue weighted by Gasteiger charge is 2.19. The van der Waals surface area contributed by atoms with Gasteiger partial charge in [-0.3, -0.25) is 9.59 Å². The highest BCUT2D eigenvalue weighted by molar-refractivity contribution is 5.96. The maximum absolute atomic E-state index is 13.5. The Morgan fingerprint density at radius 3 is 2.33 bits per heavy atom. The van der Waals surface area contributed by atoms with Gasteiger partial charge in [0.25, 0.3) is 5.91 Å². The van der Waals surface area contributed by atoms with Crippen molar-refractivity contribution in [3.8, 4) is 0 Å². The molecule has 2 N–H and O–H groups in total. The van der Waals surface area contributed by atoms with Gasteiger partial charge in [-0.15, -0.1) is 0 Å². The lowest BCUT2D eigenvalue weighted by atomic mass is 10.2. The van der Waals surface area contributed by atoms with Gasteiger partial charge in [0.2, 0.25) is 5.91 Å². The van der Waals surface area contributed by atoms with Crippen molar-refractivity contribution >= 4 is 29.5 Å². The van der Waals surface area contributed by atoms with Crippen molar-refractivity contribution < 1.29 is 36.7 Å². The first-order chi connectivity index (χ1) is 14.2. The fourth-order valence-electron chi connectivity index (χ4n) is 2.13. The number of carbonyl (C=O) groups excluding carboxylic acids is 3. The fraction of sp³-hybridized carbons (Fsp3) is 0.150. The number of benzene rings is 2. The Morgan fingerprint density at radius 2 is 1.67 bits per heavy atom. The van der Waals surface area contributed by atoms with E-state index in [1.165, 1.54) is 37.3 Å². The standard InChI is InChI=1S/C20H16F4N2O4/c1-11(30-17(28)9-4-12-2-5-13(21)6-3-12)20(29)25-10-16(27)26-15-8-7-14(22)18(23)19(15)24/h2-9,11H,10H2,1H3,(H,25,29)(H,26,27)/b9-4+. The van der Waals surface area contributed by atoms with E-state index < -0.39 is 59.4 Å². The molecule has 0 fully saturated rings. The number of esters is 1. The Morgan fingerprint density at radius 1 is 1.00 bits per heavy atom. The van der Waals surface area contributed by atoms with E-state index in [1.807, 2.05) is 5.32 Å². The zero-order valence-electron chi connectivity index (χ0n) is 15.5. The van der Waals surface area contributed by atoms with Crippen LogP contribution < -0.4 is 10.6 Å². The lowest BCUT2D eigenvalue weighted by molar-refractivity contribution is -0.150. The van der Waals surface area contributed by atoms with E-state index in [1.54, 1.807) is 0 Å². The van der Waals surface area contributed by atoms with Gasteiger partial charge in [-0.2, -0.15) is 0 Å². The van der Waals surface area contributed by atoms with Crippen LogP contribution in [0, 0.1) is 23.3 Å². The number of amides is 2. The minimum Gasteiger partial charge on any atom is -0.449 e. The van der Waals surface area contributed by atoms with Crippen molar-refractivity contribution in [2.24, 2.45) is 0 Å².